The summed E-state index contributed by atoms with van der Waals surface area (Å²) >= 11 is 3.47. The van der Waals surface area contributed by atoms with E-state index in [1.54, 1.807) is 24.3 Å². The molecule has 1 N–H and O–H groups in total. The van der Waals surface area contributed by atoms with Crippen LogP contribution in [0.1, 0.15) is 22.3 Å². The molecular weight excluding hydrogens is 487 g/mol. The Bertz CT molecular complexity index is 1250. The monoisotopic (exact) mass is 508 g/mol. The van der Waals surface area contributed by atoms with Crippen molar-refractivity contribution in [3.05, 3.63) is 92.7 Å². The van der Waals surface area contributed by atoms with E-state index in [0.717, 1.165) is 16.7 Å². The highest BCUT2D eigenvalue weighted by atomic mass is 79.9. The second kappa shape index (κ2) is 10.8. The molecule has 5 nitrogen and oxygen atoms in total. The number of methoxy groups -OCH3 is 1. The number of halogens is 2. The molecule has 0 fully saturated rings. The standard InChI is InChI=1S/C26H22BrFN2O3/c1-16-4-9-23(17(2)10-16)30-26(31)20(14-29)11-19-12-22(27)25(24(13-19)32-3)33-15-18-5-7-21(28)8-6-18/h4-13H,15H2,1-3H3,(H,30,31)/b20-11+. The molecule has 0 spiro atoms. The van der Waals surface area contributed by atoms with Crippen LogP contribution in [-0.2, 0) is 11.4 Å². The van der Waals surface area contributed by atoms with Crippen molar-refractivity contribution in [1.82, 2.24) is 0 Å². The fraction of sp³-hybridized carbons (Fsp3) is 0.154. The van der Waals surface area contributed by atoms with E-state index in [-0.39, 0.29) is 18.0 Å². The average Bonchev–Trinajstić information content (AvgIpc) is 2.79. The molecule has 0 aliphatic rings. The number of rotatable bonds is 7. The fourth-order valence-electron chi connectivity index (χ4n) is 3.16. The lowest BCUT2D eigenvalue weighted by Gasteiger charge is -2.14. The summed E-state index contributed by atoms with van der Waals surface area (Å²) in [6, 6.07) is 17.0. The van der Waals surface area contributed by atoms with Gasteiger partial charge in [0.1, 0.15) is 24.1 Å². The number of benzene rings is 3. The maximum atomic E-state index is 13.1. The highest BCUT2D eigenvalue weighted by Gasteiger charge is 2.15. The van der Waals surface area contributed by atoms with Crippen molar-refractivity contribution in [1.29, 1.82) is 5.26 Å². The van der Waals surface area contributed by atoms with E-state index < -0.39 is 5.91 Å². The summed E-state index contributed by atoms with van der Waals surface area (Å²) in [5.74, 6) is 0.0572. The molecule has 0 bridgehead atoms. The first-order valence-corrected chi connectivity index (χ1v) is 10.8. The van der Waals surface area contributed by atoms with Crippen LogP contribution in [0.5, 0.6) is 11.5 Å². The SMILES string of the molecule is COc1cc(/C=C(\C#N)C(=O)Nc2ccc(C)cc2C)cc(Br)c1OCc1ccc(F)cc1. The number of aryl methyl sites for hydroxylation is 2. The van der Waals surface area contributed by atoms with Gasteiger partial charge in [0, 0.05) is 5.69 Å². The summed E-state index contributed by atoms with van der Waals surface area (Å²) in [5, 5.41) is 12.3. The lowest BCUT2D eigenvalue weighted by atomic mass is 10.1. The Morgan fingerprint density at radius 2 is 1.88 bits per heavy atom. The molecule has 0 unspecified atom stereocenters. The summed E-state index contributed by atoms with van der Waals surface area (Å²) in [4.78, 5) is 12.7. The fourth-order valence-corrected chi connectivity index (χ4v) is 3.73. The molecular formula is C26H22BrFN2O3. The molecule has 0 atom stereocenters. The number of hydrogen-bond donors (Lipinski definition) is 1. The molecule has 0 saturated heterocycles. The molecule has 3 aromatic carbocycles. The third-order valence-corrected chi connectivity index (χ3v) is 5.44. The molecule has 3 rings (SSSR count). The van der Waals surface area contributed by atoms with Gasteiger partial charge in [0.05, 0.1) is 11.6 Å². The first-order chi connectivity index (χ1) is 15.8. The molecule has 0 aliphatic carbocycles. The summed E-state index contributed by atoms with van der Waals surface area (Å²) in [6.45, 7) is 4.08. The van der Waals surface area contributed by atoms with Gasteiger partial charge in [-0.1, -0.05) is 29.8 Å². The largest absolute Gasteiger partial charge is 0.493 e. The third-order valence-electron chi connectivity index (χ3n) is 4.85. The zero-order valence-electron chi connectivity index (χ0n) is 18.4. The smallest absolute Gasteiger partial charge is 0.266 e. The minimum atomic E-state index is -0.504. The predicted octanol–water partition coefficient (Wildman–Crippen LogP) is 6.34. The Hall–Kier alpha value is -3.63. The minimum Gasteiger partial charge on any atom is -0.493 e. The number of nitrogens with one attached hydrogen (secondary N) is 1. The minimum absolute atomic E-state index is 0.0519. The van der Waals surface area contributed by atoms with Gasteiger partial charge < -0.3 is 14.8 Å². The lowest BCUT2D eigenvalue weighted by molar-refractivity contribution is -0.112. The number of ether oxygens (including phenoxy) is 2. The van der Waals surface area contributed by atoms with E-state index in [1.165, 1.54) is 25.3 Å². The van der Waals surface area contributed by atoms with E-state index in [1.807, 2.05) is 38.1 Å². The van der Waals surface area contributed by atoms with Crippen molar-refractivity contribution < 1.29 is 18.7 Å². The van der Waals surface area contributed by atoms with Crippen molar-refractivity contribution in [2.75, 3.05) is 12.4 Å². The zero-order valence-corrected chi connectivity index (χ0v) is 20.0. The van der Waals surface area contributed by atoms with Crippen LogP contribution in [0.25, 0.3) is 6.08 Å². The Balaban J connectivity index is 1.82. The van der Waals surface area contributed by atoms with Crippen molar-refractivity contribution in [3.8, 4) is 17.6 Å². The van der Waals surface area contributed by atoms with E-state index in [2.05, 4.69) is 21.2 Å². The third kappa shape index (κ3) is 6.21. The normalized spacial score (nSPS) is 11.0. The summed E-state index contributed by atoms with van der Waals surface area (Å²) < 4.78 is 25.0. The number of amides is 1. The Kier molecular flexibility index (Phi) is 7.86. The number of anilines is 1. The summed E-state index contributed by atoms with van der Waals surface area (Å²) in [5.41, 5.74) is 3.97. The second-order valence-corrected chi connectivity index (χ2v) is 8.25. The predicted molar refractivity (Wildman–Crippen MR) is 130 cm³/mol. The van der Waals surface area contributed by atoms with Gasteiger partial charge in [0.25, 0.3) is 5.91 Å². The maximum Gasteiger partial charge on any atom is 0.266 e. The molecule has 0 aromatic heterocycles. The Morgan fingerprint density at radius 1 is 1.15 bits per heavy atom. The van der Waals surface area contributed by atoms with E-state index >= 15 is 0 Å². The molecule has 33 heavy (non-hydrogen) atoms. The van der Waals surface area contributed by atoms with Gasteiger partial charge in [-0.2, -0.15) is 5.26 Å². The summed E-state index contributed by atoms with van der Waals surface area (Å²) in [6.07, 6.45) is 1.48. The number of carbonyl (C=O) groups is 1. The van der Waals surface area contributed by atoms with Crippen LogP contribution < -0.4 is 14.8 Å². The molecule has 1 amide bonds. The van der Waals surface area contributed by atoms with Crippen LogP contribution in [0.4, 0.5) is 10.1 Å². The number of carbonyl (C=O) groups excluding carboxylic acids is 1. The van der Waals surface area contributed by atoms with Gasteiger partial charge >= 0.3 is 0 Å². The number of nitrogens with zero attached hydrogens (tertiary/aromatic N) is 1. The molecule has 0 heterocycles. The Labute approximate surface area is 200 Å². The first-order valence-electron chi connectivity index (χ1n) is 10.1. The van der Waals surface area contributed by atoms with Crippen LogP contribution in [0.15, 0.2) is 64.6 Å². The van der Waals surface area contributed by atoms with Gasteiger partial charge in [0.15, 0.2) is 11.5 Å². The molecule has 3 aromatic rings. The van der Waals surface area contributed by atoms with Crippen molar-refractivity contribution >= 4 is 33.6 Å². The maximum absolute atomic E-state index is 13.1. The van der Waals surface area contributed by atoms with Gasteiger partial charge in [-0.3, -0.25) is 4.79 Å². The summed E-state index contributed by atoms with van der Waals surface area (Å²) in [7, 11) is 1.50. The topological polar surface area (TPSA) is 71.3 Å². The van der Waals surface area contributed by atoms with Gasteiger partial charge in [-0.15, -0.1) is 0 Å². The van der Waals surface area contributed by atoms with Crippen LogP contribution in [0.2, 0.25) is 0 Å². The van der Waals surface area contributed by atoms with Crippen LogP contribution in [-0.4, -0.2) is 13.0 Å². The second-order valence-electron chi connectivity index (χ2n) is 7.39. The molecule has 0 aliphatic heterocycles. The Morgan fingerprint density at radius 3 is 2.52 bits per heavy atom. The van der Waals surface area contributed by atoms with E-state index in [9.17, 15) is 14.4 Å². The zero-order chi connectivity index (χ0) is 24.0. The first kappa shape index (κ1) is 24.0. The molecule has 7 heteroatoms. The molecule has 0 radical (unpaired) electrons. The lowest BCUT2D eigenvalue weighted by Crippen LogP contribution is -2.14. The molecule has 168 valence electrons. The highest BCUT2D eigenvalue weighted by Crippen LogP contribution is 2.38. The quantitative estimate of drug-likeness (QED) is 0.298. The van der Waals surface area contributed by atoms with Crippen molar-refractivity contribution in [2.24, 2.45) is 0 Å². The van der Waals surface area contributed by atoms with Crippen LogP contribution >= 0.6 is 15.9 Å². The van der Waals surface area contributed by atoms with Crippen molar-refractivity contribution in [2.45, 2.75) is 20.5 Å². The van der Waals surface area contributed by atoms with Crippen LogP contribution in [0, 0.1) is 31.0 Å². The van der Waals surface area contributed by atoms with E-state index in [4.69, 9.17) is 9.47 Å². The van der Waals surface area contributed by atoms with Gasteiger partial charge in [-0.25, -0.2) is 4.39 Å². The van der Waals surface area contributed by atoms with Gasteiger partial charge in [-0.05, 0) is 82.9 Å². The highest BCUT2D eigenvalue weighted by molar-refractivity contribution is 9.10. The van der Waals surface area contributed by atoms with Crippen LogP contribution in [0.3, 0.4) is 0 Å². The molecule has 0 saturated carbocycles. The number of hydrogen-bond acceptors (Lipinski definition) is 4. The average molecular weight is 509 g/mol. The number of nitriles is 1. The van der Waals surface area contributed by atoms with E-state index in [0.29, 0.717) is 27.2 Å². The van der Waals surface area contributed by atoms with Gasteiger partial charge in [0.2, 0.25) is 0 Å². The van der Waals surface area contributed by atoms with Crippen molar-refractivity contribution in [3.63, 3.8) is 0 Å².